The molecule has 0 radical (unpaired) electrons. The van der Waals surface area contributed by atoms with Crippen LogP contribution >= 0.6 is 11.6 Å². The summed E-state index contributed by atoms with van der Waals surface area (Å²) in [5.74, 6) is 1.89. The lowest BCUT2D eigenvalue weighted by molar-refractivity contribution is 0.416. The van der Waals surface area contributed by atoms with Gasteiger partial charge < -0.3 is 15.4 Å². The van der Waals surface area contributed by atoms with Crippen molar-refractivity contribution < 1.29 is 4.74 Å². The molecule has 128 valence electrons. The number of ether oxygens (including phenoxy) is 1. The number of hydrogen-bond donors (Lipinski definition) is 2. The van der Waals surface area contributed by atoms with E-state index in [9.17, 15) is 0 Å². The first kappa shape index (κ1) is 17.0. The lowest BCUT2D eigenvalue weighted by atomic mass is 10.2. The van der Waals surface area contributed by atoms with E-state index in [0.717, 1.165) is 28.3 Å². The number of aromatic nitrogens is 2. The average molecular weight is 355 g/mol. The van der Waals surface area contributed by atoms with Gasteiger partial charge >= 0.3 is 0 Å². The number of benzene rings is 2. The molecule has 25 heavy (non-hydrogen) atoms. The lowest BCUT2D eigenvalue weighted by Crippen LogP contribution is -2.02. The molecule has 0 unspecified atom stereocenters. The third kappa shape index (κ3) is 4.00. The van der Waals surface area contributed by atoms with Crippen LogP contribution in [0.1, 0.15) is 11.1 Å². The molecule has 2 aromatic carbocycles. The zero-order chi connectivity index (χ0) is 17.8. The summed E-state index contributed by atoms with van der Waals surface area (Å²) in [7, 11) is 1.64. The highest BCUT2D eigenvalue weighted by Crippen LogP contribution is 2.29. The van der Waals surface area contributed by atoms with E-state index in [1.54, 1.807) is 19.4 Å². The van der Waals surface area contributed by atoms with Gasteiger partial charge in [-0.1, -0.05) is 23.7 Å². The minimum atomic E-state index is 0.480. The maximum absolute atomic E-state index is 6.17. The quantitative estimate of drug-likeness (QED) is 0.656. The van der Waals surface area contributed by atoms with Crippen molar-refractivity contribution >= 4 is 34.7 Å². The van der Waals surface area contributed by atoms with Crippen LogP contribution in [0.4, 0.5) is 23.1 Å². The van der Waals surface area contributed by atoms with Crippen molar-refractivity contribution in [3.8, 4) is 5.75 Å². The molecule has 1 heterocycles. The Bertz CT molecular complexity index is 898. The van der Waals surface area contributed by atoms with Gasteiger partial charge in [-0.15, -0.1) is 0 Å². The van der Waals surface area contributed by atoms with Crippen molar-refractivity contribution in [2.75, 3.05) is 17.7 Å². The molecule has 0 spiro atoms. The van der Waals surface area contributed by atoms with Crippen LogP contribution in [0.25, 0.3) is 0 Å². The molecule has 1 aromatic heterocycles. The van der Waals surface area contributed by atoms with Crippen LogP contribution in [-0.4, -0.2) is 17.1 Å². The molecule has 0 saturated carbocycles. The maximum atomic E-state index is 6.17. The Morgan fingerprint density at radius 1 is 1.00 bits per heavy atom. The first-order valence-corrected chi connectivity index (χ1v) is 8.21. The monoisotopic (exact) mass is 354 g/mol. The zero-order valence-electron chi connectivity index (χ0n) is 14.3. The minimum Gasteiger partial charge on any atom is -0.495 e. The van der Waals surface area contributed by atoms with E-state index in [2.05, 4.69) is 20.6 Å². The highest BCUT2D eigenvalue weighted by Gasteiger charge is 2.07. The number of methoxy groups -OCH3 is 1. The van der Waals surface area contributed by atoms with E-state index >= 15 is 0 Å². The molecule has 0 aliphatic rings. The second-order valence-corrected chi connectivity index (χ2v) is 6.04. The van der Waals surface area contributed by atoms with Crippen LogP contribution in [0.3, 0.4) is 0 Å². The van der Waals surface area contributed by atoms with Gasteiger partial charge in [-0.25, -0.2) is 4.98 Å². The van der Waals surface area contributed by atoms with Crippen molar-refractivity contribution in [2.24, 2.45) is 0 Å². The molecule has 0 fully saturated rings. The van der Waals surface area contributed by atoms with Crippen molar-refractivity contribution in [1.29, 1.82) is 0 Å². The van der Waals surface area contributed by atoms with Crippen LogP contribution in [0.2, 0.25) is 5.02 Å². The lowest BCUT2D eigenvalue weighted by Gasteiger charge is -2.13. The second kappa shape index (κ2) is 7.40. The van der Waals surface area contributed by atoms with E-state index < -0.39 is 0 Å². The molecule has 0 bridgehead atoms. The molecular weight excluding hydrogens is 336 g/mol. The molecule has 6 heteroatoms. The highest BCUT2D eigenvalue weighted by atomic mass is 35.5. The maximum Gasteiger partial charge on any atom is 0.229 e. The van der Waals surface area contributed by atoms with Gasteiger partial charge in [0, 0.05) is 16.9 Å². The largest absolute Gasteiger partial charge is 0.495 e. The van der Waals surface area contributed by atoms with E-state index in [-0.39, 0.29) is 0 Å². The minimum absolute atomic E-state index is 0.480. The van der Waals surface area contributed by atoms with Crippen molar-refractivity contribution in [3.05, 3.63) is 64.8 Å². The van der Waals surface area contributed by atoms with Gasteiger partial charge in [0.15, 0.2) is 0 Å². The summed E-state index contributed by atoms with van der Waals surface area (Å²) < 4.78 is 5.38. The van der Waals surface area contributed by atoms with Gasteiger partial charge in [0.1, 0.15) is 11.6 Å². The smallest absolute Gasteiger partial charge is 0.229 e. The molecule has 3 rings (SSSR count). The number of nitrogens with zero attached hydrogens (tertiary/aromatic N) is 2. The summed E-state index contributed by atoms with van der Waals surface area (Å²) in [5, 5.41) is 7.19. The third-order valence-corrected chi connectivity index (χ3v) is 4.20. The van der Waals surface area contributed by atoms with Gasteiger partial charge in [-0.05, 0) is 55.3 Å². The Hall–Kier alpha value is -2.79. The normalized spacial score (nSPS) is 10.4. The Kier molecular flexibility index (Phi) is 5.05. The molecule has 0 saturated heterocycles. The van der Waals surface area contributed by atoms with E-state index in [4.69, 9.17) is 16.3 Å². The number of anilines is 4. The summed E-state index contributed by atoms with van der Waals surface area (Å²) >= 11 is 6.17. The van der Waals surface area contributed by atoms with Crippen molar-refractivity contribution in [3.63, 3.8) is 0 Å². The fourth-order valence-corrected chi connectivity index (χ4v) is 2.58. The zero-order valence-corrected chi connectivity index (χ0v) is 15.1. The molecule has 0 atom stereocenters. The first-order chi connectivity index (χ1) is 12.1. The molecule has 5 nitrogen and oxygen atoms in total. The molecule has 2 N–H and O–H groups in total. The third-order valence-electron chi connectivity index (χ3n) is 3.79. The summed E-state index contributed by atoms with van der Waals surface area (Å²) in [6.07, 6.45) is 1.69. The van der Waals surface area contributed by atoms with Crippen molar-refractivity contribution in [2.45, 2.75) is 13.8 Å². The molecule has 0 amide bonds. The second-order valence-electron chi connectivity index (χ2n) is 5.63. The summed E-state index contributed by atoms with van der Waals surface area (Å²) in [5.41, 5.74) is 3.81. The van der Waals surface area contributed by atoms with Gasteiger partial charge in [0.2, 0.25) is 5.95 Å². The highest BCUT2D eigenvalue weighted by molar-refractivity contribution is 6.31. The van der Waals surface area contributed by atoms with Crippen LogP contribution in [0.15, 0.2) is 48.7 Å². The average Bonchev–Trinajstić information content (AvgIpc) is 2.60. The predicted molar refractivity (Wildman–Crippen MR) is 103 cm³/mol. The molecule has 0 aliphatic heterocycles. The van der Waals surface area contributed by atoms with Crippen LogP contribution in [-0.2, 0) is 0 Å². The number of rotatable bonds is 5. The van der Waals surface area contributed by atoms with E-state index in [1.165, 1.54) is 0 Å². The Morgan fingerprint density at radius 2 is 1.84 bits per heavy atom. The van der Waals surface area contributed by atoms with Gasteiger partial charge in [0.25, 0.3) is 0 Å². The summed E-state index contributed by atoms with van der Waals surface area (Å²) in [4.78, 5) is 8.78. The summed E-state index contributed by atoms with van der Waals surface area (Å²) in [6.45, 7) is 3.98. The number of nitrogens with one attached hydrogen (secondary N) is 2. The van der Waals surface area contributed by atoms with E-state index in [0.29, 0.717) is 16.8 Å². The number of halogens is 1. The van der Waals surface area contributed by atoms with E-state index in [1.807, 2.05) is 50.2 Å². The Morgan fingerprint density at radius 3 is 2.64 bits per heavy atom. The van der Waals surface area contributed by atoms with Gasteiger partial charge in [-0.3, -0.25) is 0 Å². The Balaban J connectivity index is 1.85. The van der Waals surface area contributed by atoms with Crippen LogP contribution in [0, 0.1) is 13.8 Å². The van der Waals surface area contributed by atoms with Gasteiger partial charge in [-0.2, -0.15) is 4.98 Å². The first-order valence-electron chi connectivity index (χ1n) is 7.83. The standard InChI is InChI=1S/C19H19ClN4O/c1-12-7-8-17(25-3)16(11-12)23-19-21-10-9-18(24-19)22-15-6-4-5-14(20)13(15)2/h4-11H,1-3H3,(H2,21,22,23,24). The number of aryl methyl sites for hydroxylation is 1. The molecule has 3 aromatic rings. The van der Waals surface area contributed by atoms with Crippen LogP contribution < -0.4 is 15.4 Å². The van der Waals surface area contributed by atoms with Crippen LogP contribution in [0.5, 0.6) is 5.75 Å². The summed E-state index contributed by atoms with van der Waals surface area (Å²) in [6, 6.07) is 13.4. The fraction of sp³-hybridized carbons (Fsp3) is 0.158. The number of hydrogen-bond acceptors (Lipinski definition) is 5. The Labute approximate surface area is 152 Å². The SMILES string of the molecule is COc1ccc(C)cc1Nc1nccc(Nc2cccc(Cl)c2C)n1. The molecule has 0 aliphatic carbocycles. The van der Waals surface area contributed by atoms with Gasteiger partial charge in [0.05, 0.1) is 12.8 Å². The topological polar surface area (TPSA) is 59.1 Å². The molecular formula is C19H19ClN4O. The van der Waals surface area contributed by atoms with Crippen molar-refractivity contribution in [1.82, 2.24) is 9.97 Å². The fourth-order valence-electron chi connectivity index (χ4n) is 2.41. The predicted octanol–water partition coefficient (Wildman–Crippen LogP) is 5.24.